The smallest absolute Gasteiger partial charge is 0.416 e. The highest BCUT2D eigenvalue weighted by molar-refractivity contribution is 6.08. The lowest BCUT2D eigenvalue weighted by molar-refractivity contribution is -0.159. The summed E-state index contributed by atoms with van der Waals surface area (Å²) in [7, 11) is 1.51. The van der Waals surface area contributed by atoms with E-state index in [1.807, 2.05) is 0 Å². The zero-order valence-corrected chi connectivity index (χ0v) is 20.6. The Kier molecular flexibility index (Phi) is 8.35. The van der Waals surface area contributed by atoms with Crippen LogP contribution in [-0.2, 0) is 25.2 Å². The Morgan fingerprint density at radius 2 is 1.87 bits per heavy atom. The number of rotatable bonds is 7. The van der Waals surface area contributed by atoms with Gasteiger partial charge in [-0.1, -0.05) is 0 Å². The molecular weight excluding hydrogens is 531 g/mol. The van der Waals surface area contributed by atoms with Crippen LogP contribution in [0.3, 0.4) is 0 Å². The van der Waals surface area contributed by atoms with Gasteiger partial charge in [-0.2, -0.15) is 13.2 Å². The summed E-state index contributed by atoms with van der Waals surface area (Å²) >= 11 is 0. The molecule has 0 bridgehead atoms. The topological polar surface area (TPSA) is 112 Å². The number of aliphatic carboxylic acids is 1. The fraction of sp³-hybridized carbons (Fsp3) is 0.400. The number of carboxylic acids is 1. The van der Waals surface area contributed by atoms with E-state index in [1.165, 1.54) is 12.0 Å². The predicted molar refractivity (Wildman–Crippen MR) is 129 cm³/mol. The van der Waals surface area contributed by atoms with Gasteiger partial charge in [0.15, 0.2) is 17.9 Å². The summed E-state index contributed by atoms with van der Waals surface area (Å²) in [4.78, 5) is 29.2. The van der Waals surface area contributed by atoms with Crippen molar-refractivity contribution < 1.29 is 46.1 Å². The summed E-state index contributed by atoms with van der Waals surface area (Å²) < 4.78 is 79.9. The quantitative estimate of drug-likeness (QED) is 0.344. The van der Waals surface area contributed by atoms with Crippen molar-refractivity contribution in [1.82, 2.24) is 10.2 Å². The molecule has 2 heterocycles. The van der Waals surface area contributed by atoms with E-state index in [1.54, 1.807) is 0 Å². The fourth-order valence-corrected chi connectivity index (χ4v) is 4.28. The van der Waals surface area contributed by atoms with Gasteiger partial charge in [0.2, 0.25) is 0 Å². The largest absolute Gasteiger partial charge is 0.481 e. The first-order valence-electron chi connectivity index (χ1n) is 11.9. The average Bonchev–Trinajstić information content (AvgIpc) is 3.02. The van der Waals surface area contributed by atoms with Gasteiger partial charge in [0.25, 0.3) is 0 Å². The summed E-state index contributed by atoms with van der Waals surface area (Å²) in [6.45, 7) is 0.469. The molecule has 4 rings (SSSR count). The molecule has 39 heavy (non-hydrogen) atoms. The molecule has 1 saturated heterocycles. The Morgan fingerprint density at radius 3 is 2.56 bits per heavy atom. The number of amidine groups is 1. The first-order chi connectivity index (χ1) is 18.5. The SMILES string of the molecule is COCC[C@H]1CN(C2=Nc3cc(F)c(F)cc3Nc3ccc(C(F)(F)F)cc32)C(OC(=O)CCC(=O)O)CN1. The maximum atomic E-state index is 14.2. The van der Waals surface area contributed by atoms with Gasteiger partial charge in [0, 0.05) is 49.7 Å². The Balaban J connectivity index is 1.82. The highest BCUT2D eigenvalue weighted by Gasteiger charge is 2.37. The van der Waals surface area contributed by atoms with Gasteiger partial charge < -0.3 is 30.1 Å². The highest BCUT2D eigenvalue weighted by Crippen LogP contribution is 2.39. The minimum atomic E-state index is -4.70. The summed E-state index contributed by atoms with van der Waals surface area (Å²) in [5.41, 5.74) is -0.960. The van der Waals surface area contributed by atoms with Gasteiger partial charge in [0.05, 0.1) is 36.3 Å². The van der Waals surface area contributed by atoms with Crippen LogP contribution in [0.25, 0.3) is 0 Å². The standard InChI is InChI=1S/C25H25F5N4O5/c1-38-7-6-14-12-34(21(11-31-14)39-23(37)5-4-22(35)36)24-15-8-13(25(28,29)30)2-3-18(15)32-19-9-16(26)17(27)10-20(19)33-24/h2-3,8-10,14,21,31-32H,4-7,11-12H2,1H3,(H,35,36)/t14-,21?/m0/s1. The van der Waals surface area contributed by atoms with Crippen molar-refractivity contribution in [2.75, 3.05) is 32.1 Å². The Labute approximate surface area is 219 Å². The van der Waals surface area contributed by atoms with Crippen LogP contribution in [-0.4, -0.2) is 66.9 Å². The molecule has 2 aromatic rings. The number of esters is 1. The van der Waals surface area contributed by atoms with Crippen molar-refractivity contribution in [3.8, 4) is 0 Å². The van der Waals surface area contributed by atoms with Crippen LogP contribution >= 0.6 is 0 Å². The van der Waals surface area contributed by atoms with E-state index >= 15 is 0 Å². The van der Waals surface area contributed by atoms with Crippen molar-refractivity contribution in [2.45, 2.75) is 37.7 Å². The molecule has 3 N–H and O–H groups in total. The molecule has 0 radical (unpaired) electrons. The van der Waals surface area contributed by atoms with Crippen LogP contribution in [0.5, 0.6) is 0 Å². The molecule has 0 amide bonds. The van der Waals surface area contributed by atoms with Gasteiger partial charge >= 0.3 is 18.1 Å². The van der Waals surface area contributed by atoms with Gasteiger partial charge in [-0.15, -0.1) is 0 Å². The van der Waals surface area contributed by atoms with Crippen molar-refractivity contribution in [1.29, 1.82) is 0 Å². The second kappa shape index (κ2) is 11.5. The van der Waals surface area contributed by atoms with Gasteiger partial charge in [-0.3, -0.25) is 9.59 Å². The molecule has 14 heteroatoms. The van der Waals surface area contributed by atoms with Crippen LogP contribution in [0.2, 0.25) is 0 Å². The molecule has 0 aliphatic carbocycles. The van der Waals surface area contributed by atoms with Crippen LogP contribution in [0, 0.1) is 11.6 Å². The number of benzene rings is 2. The maximum absolute atomic E-state index is 14.2. The number of carboxylic acid groups (broad SMARTS) is 1. The van der Waals surface area contributed by atoms with Crippen molar-refractivity contribution >= 4 is 34.8 Å². The number of aliphatic imine (C=N–C) groups is 1. The van der Waals surface area contributed by atoms with E-state index in [4.69, 9.17) is 14.6 Å². The summed E-state index contributed by atoms with van der Waals surface area (Å²) in [5.74, 6) is -4.51. The van der Waals surface area contributed by atoms with Gasteiger partial charge in [-0.05, 0) is 24.6 Å². The number of methoxy groups -OCH3 is 1. The zero-order chi connectivity index (χ0) is 28.3. The number of fused-ring (bicyclic) bond motifs is 2. The molecule has 9 nitrogen and oxygen atoms in total. The number of anilines is 2. The van der Waals surface area contributed by atoms with Crippen molar-refractivity contribution in [3.63, 3.8) is 0 Å². The number of halogens is 5. The Morgan fingerprint density at radius 1 is 1.13 bits per heavy atom. The first kappa shape index (κ1) is 28.2. The Hall–Kier alpha value is -3.78. The van der Waals surface area contributed by atoms with Crippen molar-refractivity contribution in [2.24, 2.45) is 4.99 Å². The number of carbonyl (C=O) groups excluding carboxylic acids is 1. The molecule has 0 aromatic heterocycles. The lowest BCUT2D eigenvalue weighted by Gasteiger charge is -2.41. The molecule has 2 aliphatic heterocycles. The summed E-state index contributed by atoms with van der Waals surface area (Å²) in [5, 5.41) is 14.9. The monoisotopic (exact) mass is 556 g/mol. The minimum absolute atomic E-state index is 0.0194. The third kappa shape index (κ3) is 6.63. The molecule has 2 atom stereocenters. The van der Waals surface area contributed by atoms with Gasteiger partial charge in [0.1, 0.15) is 5.84 Å². The molecular formula is C25H25F5N4O5. The Bertz CT molecular complexity index is 1290. The normalized spacial score (nSPS) is 18.8. The number of carbonyl (C=O) groups is 2. The summed E-state index contributed by atoms with van der Waals surface area (Å²) in [6.07, 6.45) is -6.22. The third-order valence-corrected chi connectivity index (χ3v) is 6.22. The van der Waals surface area contributed by atoms with E-state index in [0.717, 1.165) is 30.3 Å². The molecule has 1 unspecified atom stereocenters. The summed E-state index contributed by atoms with van der Waals surface area (Å²) in [6, 6.07) is 4.25. The van der Waals surface area contributed by atoms with E-state index in [9.17, 15) is 31.5 Å². The third-order valence-electron chi connectivity index (χ3n) is 6.22. The lowest BCUT2D eigenvalue weighted by atomic mass is 10.0. The fourth-order valence-electron chi connectivity index (χ4n) is 4.28. The number of hydrogen-bond donors (Lipinski definition) is 3. The van der Waals surface area contributed by atoms with Crippen LogP contribution in [0.1, 0.15) is 30.4 Å². The first-order valence-corrected chi connectivity index (χ1v) is 11.9. The van der Waals surface area contributed by atoms with Crippen LogP contribution < -0.4 is 10.6 Å². The molecule has 0 spiro atoms. The molecule has 0 saturated carbocycles. The number of nitrogens with zero attached hydrogens (tertiary/aromatic N) is 2. The second-order valence-electron chi connectivity index (χ2n) is 8.98. The van der Waals surface area contributed by atoms with Crippen molar-refractivity contribution in [3.05, 3.63) is 53.1 Å². The predicted octanol–water partition coefficient (Wildman–Crippen LogP) is 4.16. The molecule has 2 aliphatic rings. The second-order valence-corrected chi connectivity index (χ2v) is 8.98. The number of hydrogen-bond acceptors (Lipinski definition) is 8. The van der Waals surface area contributed by atoms with E-state index < -0.39 is 54.4 Å². The number of piperazine rings is 1. The lowest BCUT2D eigenvalue weighted by Crippen LogP contribution is -2.60. The molecule has 1 fully saturated rings. The van der Waals surface area contributed by atoms with Crippen LogP contribution in [0.15, 0.2) is 35.3 Å². The highest BCUT2D eigenvalue weighted by atomic mass is 19.4. The number of nitrogens with one attached hydrogen (secondary N) is 2. The average molecular weight is 556 g/mol. The maximum Gasteiger partial charge on any atom is 0.416 e. The van der Waals surface area contributed by atoms with Crippen LogP contribution in [0.4, 0.5) is 39.0 Å². The van der Waals surface area contributed by atoms with E-state index in [2.05, 4.69) is 15.6 Å². The minimum Gasteiger partial charge on any atom is -0.481 e. The zero-order valence-electron chi connectivity index (χ0n) is 20.6. The molecule has 210 valence electrons. The van der Waals surface area contributed by atoms with Gasteiger partial charge in [-0.25, -0.2) is 13.8 Å². The van der Waals surface area contributed by atoms with E-state index in [0.29, 0.717) is 13.0 Å². The van der Waals surface area contributed by atoms with E-state index in [-0.39, 0.29) is 47.6 Å². The molecule has 2 aromatic carbocycles. The number of ether oxygens (including phenoxy) is 2. The number of alkyl halides is 3.